The van der Waals surface area contributed by atoms with Gasteiger partial charge in [0.25, 0.3) is 0 Å². The van der Waals surface area contributed by atoms with Crippen LogP contribution in [-0.2, 0) is 22.5 Å². The minimum absolute atomic E-state index is 0.106. The van der Waals surface area contributed by atoms with E-state index in [0.29, 0.717) is 32.8 Å². The van der Waals surface area contributed by atoms with Crippen molar-refractivity contribution in [1.82, 2.24) is 9.47 Å². The van der Waals surface area contributed by atoms with Crippen LogP contribution in [0.25, 0.3) is 10.9 Å². The van der Waals surface area contributed by atoms with Crippen molar-refractivity contribution >= 4 is 16.8 Å². The van der Waals surface area contributed by atoms with Crippen LogP contribution < -0.4 is 5.73 Å². The van der Waals surface area contributed by atoms with Crippen LogP contribution >= 0.6 is 0 Å². The number of nitrogens with zero attached hydrogens (tertiary/aromatic N) is 2. The number of amides is 1. The maximum atomic E-state index is 12.5. The third-order valence-electron chi connectivity index (χ3n) is 4.08. The highest BCUT2D eigenvalue weighted by Gasteiger charge is 2.18. The third kappa shape index (κ3) is 3.15. The first-order chi connectivity index (χ1) is 10.6. The molecule has 1 amide bonds. The summed E-state index contributed by atoms with van der Waals surface area (Å²) in [6.07, 6.45) is 2.89. The highest BCUT2D eigenvalue weighted by molar-refractivity contribution is 5.86. The fourth-order valence-electron chi connectivity index (χ4n) is 3.02. The third-order valence-corrected chi connectivity index (χ3v) is 4.08. The van der Waals surface area contributed by atoms with E-state index in [0.717, 1.165) is 11.9 Å². The number of hydrogen-bond donors (Lipinski definition) is 1. The molecular formula is C17H23N3O2. The molecule has 2 aromatic rings. The lowest BCUT2D eigenvalue weighted by atomic mass is 10.1. The van der Waals surface area contributed by atoms with Gasteiger partial charge in [0.05, 0.1) is 13.2 Å². The van der Waals surface area contributed by atoms with E-state index in [1.165, 1.54) is 10.9 Å². The van der Waals surface area contributed by atoms with Crippen LogP contribution in [0, 0.1) is 0 Å². The van der Waals surface area contributed by atoms with Crippen LogP contribution in [-0.4, -0.2) is 47.7 Å². The second-order valence-corrected chi connectivity index (χ2v) is 5.97. The second kappa shape index (κ2) is 6.50. The topological polar surface area (TPSA) is 60.5 Å². The van der Waals surface area contributed by atoms with Crippen molar-refractivity contribution in [2.75, 3.05) is 26.3 Å². The van der Waals surface area contributed by atoms with Crippen LogP contribution in [0.5, 0.6) is 0 Å². The lowest BCUT2D eigenvalue weighted by molar-refractivity contribution is -0.135. The van der Waals surface area contributed by atoms with Gasteiger partial charge in [-0.3, -0.25) is 4.79 Å². The van der Waals surface area contributed by atoms with Crippen LogP contribution in [0.15, 0.2) is 30.5 Å². The monoisotopic (exact) mass is 301 g/mol. The van der Waals surface area contributed by atoms with Crippen molar-refractivity contribution in [2.45, 2.75) is 25.9 Å². The van der Waals surface area contributed by atoms with Crippen molar-refractivity contribution in [3.05, 3.63) is 36.0 Å². The molecule has 0 saturated carbocycles. The van der Waals surface area contributed by atoms with Crippen molar-refractivity contribution in [3.63, 3.8) is 0 Å². The molecule has 1 atom stereocenters. The second-order valence-electron chi connectivity index (χ2n) is 5.97. The Morgan fingerprint density at radius 1 is 1.32 bits per heavy atom. The van der Waals surface area contributed by atoms with Crippen LogP contribution in [0.2, 0.25) is 0 Å². The van der Waals surface area contributed by atoms with Gasteiger partial charge < -0.3 is 19.9 Å². The SMILES string of the molecule is CC(N)Cc1cn(CC(=O)N2CCOCC2)c2ccccc12. The number of hydrogen-bond acceptors (Lipinski definition) is 3. The largest absolute Gasteiger partial charge is 0.378 e. The highest BCUT2D eigenvalue weighted by atomic mass is 16.5. The summed E-state index contributed by atoms with van der Waals surface area (Å²) in [6, 6.07) is 8.30. The molecule has 0 bridgehead atoms. The zero-order valence-electron chi connectivity index (χ0n) is 13.0. The number of rotatable bonds is 4. The predicted molar refractivity (Wildman–Crippen MR) is 86.7 cm³/mol. The molecule has 1 aromatic carbocycles. The smallest absolute Gasteiger partial charge is 0.242 e. The van der Waals surface area contributed by atoms with Gasteiger partial charge in [0.15, 0.2) is 0 Å². The molecule has 5 nitrogen and oxygen atoms in total. The molecule has 1 aliphatic heterocycles. The number of nitrogens with two attached hydrogens (primary N) is 1. The van der Waals surface area contributed by atoms with Gasteiger partial charge in [-0.05, 0) is 25.0 Å². The van der Waals surface area contributed by atoms with Crippen LogP contribution in [0.3, 0.4) is 0 Å². The van der Waals surface area contributed by atoms with E-state index < -0.39 is 0 Å². The molecule has 3 rings (SSSR count). The summed E-state index contributed by atoms with van der Waals surface area (Å²) in [4.78, 5) is 14.3. The molecular weight excluding hydrogens is 278 g/mol. The summed E-state index contributed by atoms with van der Waals surface area (Å²) in [5, 5.41) is 1.19. The molecule has 2 N–H and O–H groups in total. The molecule has 0 aliphatic carbocycles. The first-order valence-corrected chi connectivity index (χ1v) is 7.83. The summed E-state index contributed by atoms with van der Waals surface area (Å²) in [7, 11) is 0. The van der Waals surface area contributed by atoms with E-state index >= 15 is 0 Å². The van der Waals surface area contributed by atoms with Gasteiger partial charge in [-0.1, -0.05) is 18.2 Å². The molecule has 1 saturated heterocycles. The van der Waals surface area contributed by atoms with Gasteiger partial charge in [-0.25, -0.2) is 0 Å². The van der Waals surface area contributed by atoms with E-state index in [1.807, 2.05) is 28.5 Å². The van der Waals surface area contributed by atoms with Gasteiger partial charge in [-0.15, -0.1) is 0 Å². The van der Waals surface area contributed by atoms with Gasteiger partial charge in [0.1, 0.15) is 6.54 Å². The lowest BCUT2D eigenvalue weighted by Crippen LogP contribution is -2.42. The van der Waals surface area contributed by atoms with Gasteiger partial charge in [0.2, 0.25) is 5.91 Å². The van der Waals surface area contributed by atoms with Crippen molar-refractivity contribution in [2.24, 2.45) is 5.73 Å². The van der Waals surface area contributed by atoms with Gasteiger partial charge in [0, 0.05) is 36.2 Å². The molecule has 1 aromatic heterocycles. The van der Waals surface area contributed by atoms with E-state index in [4.69, 9.17) is 10.5 Å². The molecule has 2 heterocycles. The Morgan fingerprint density at radius 2 is 2.05 bits per heavy atom. The summed E-state index contributed by atoms with van der Waals surface area (Å²) in [5.41, 5.74) is 8.25. The maximum Gasteiger partial charge on any atom is 0.242 e. The van der Waals surface area contributed by atoms with Crippen molar-refractivity contribution < 1.29 is 9.53 Å². The van der Waals surface area contributed by atoms with E-state index in [9.17, 15) is 4.79 Å². The first-order valence-electron chi connectivity index (χ1n) is 7.83. The van der Waals surface area contributed by atoms with E-state index in [2.05, 4.69) is 18.3 Å². The number of morpholine rings is 1. The standard InChI is InChI=1S/C17H23N3O2/c1-13(18)10-14-11-20(16-5-3-2-4-15(14)16)12-17(21)19-6-8-22-9-7-19/h2-5,11,13H,6-10,12,18H2,1H3. The number of benzene rings is 1. The molecule has 1 aliphatic rings. The number of ether oxygens (including phenoxy) is 1. The minimum atomic E-state index is 0.106. The van der Waals surface area contributed by atoms with Gasteiger partial charge in [-0.2, -0.15) is 0 Å². The van der Waals surface area contributed by atoms with Crippen molar-refractivity contribution in [1.29, 1.82) is 0 Å². The Balaban J connectivity index is 1.85. The molecule has 0 spiro atoms. The van der Waals surface area contributed by atoms with Gasteiger partial charge >= 0.3 is 0 Å². The number of aromatic nitrogens is 1. The molecule has 1 unspecified atom stereocenters. The Kier molecular flexibility index (Phi) is 4.45. The average Bonchev–Trinajstić information content (AvgIpc) is 2.86. The molecule has 22 heavy (non-hydrogen) atoms. The predicted octanol–water partition coefficient (Wildman–Crippen LogP) is 1.39. The fraction of sp³-hybridized carbons (Fsp3) is 0.471. The number of para-hydroxylation sites is 1. The Labute approximate surface area is 130 Å². The lowest BCUT2D eigenvalue weighted by Gasteiger charge is -2.27. The molecule has 5 heteroatoms. The Hall–Kier alpha value is -1.85. The number of fused-ring (bicyclic) bond motifs is 1. The van der Waals surface area contributed by atoms with Crippen LogP contribution in [0.1, 0.15) is 12.5 Å². The zero-order chi connectivity index (χ0) is 15.5. The molecule has 118 valence electrons. The zero-order valence-corrected chi connectivity index (χ0v) is 13.0. The molecule has 0 radical (unpaired) electrons. The van der Waals surface area contributed by atoms with E-state index in [-0.39, 0.29) is 11.9 Å². The number of carbonyl (C=O) groups excluding carboxylic acids is 1. The summed E-state index contributed by atoms with van der Waals surface area (Å²) >= 11 is 0. The number of carbonyl (C=O) groups is 1. The van der Waals surface area contributed by atoms with E-state index in [1.54, 1.807) is 0 Å². The van der Waals surface area contributed by atoms with Crippen LogP contribution in [0.4, 0.5) is 0 Å². The summed E-state index contributed by atoms with van der Waals surface area (Å²) in [5.74, 6) is 0.149. The maximum absolute atomic E-state index is 12.5. The highest BCUT2D eigenvalue weighted by Crippen LogP contribution is 2.22. The summed E-state index contributed by atoms with van der Waals surface area (Å²) in [6.45, 7) is 5.02. The quantitative estimate of drug-likeness (QED) is 0.928. The first kappa shape index (κ1) is 15.1. The summed E-state index contributed by atoms with van der Waals surface area (Å²) < 4.78 is 7.35. The Morgan fingerprint density at radius 3 is 2.77 bits per heavy atom. The fourth-order valence-corrected chi connectivity index (χ4v) is 3.02. The average molecular weight is 301 g/mol. The normalized spacial score (nSPS) is 16.9. The Bertz CT molecular complexity index is 657. The molecule has 1 fully saturated rings. The van der Waals surface area contributed by atoms with Crippen molar-refractivity contribution in [3.8, 4) is 0 Å². The minimum Gasteiger partial charge on any atom is -0.378 e.